The molecule has 0 spiro atoms. The largest absolute Gasteiger partial charge is 0.358 e. The van der Waals surface area contributed by atoms with Crippen LogP contribution in [-0.2, 0) is 4.79 Å². The average Bonchev–Trinajstić information content (AvgIpc) is 2.68. The normalized spacial score (nSPS) is 13.9. The van der Waals surface area contributed by atoms with E-state index in [9.17, 15) is 9.59 Å². The van der Waals surface area contributed by atoms with Gasteiger partial charge in [0.2, 0.25) is 5.91 Å². The molecule has 1 amide bonds. The number of nitrogens with one attached hydrogen (secondary N) is 1. The van der Waals surface area contributed by atoms with Gasteiger partial charge in [-0.2, -0.15) is 0 Å². The van der Waals surface area contributed by atoms with Crippen LogP contribution in [0.15, 0.2) is 29.1 Å². The van der Waals surface area contributed by atoms with Crippen LogP contribution >= 0.6 is 0 Å². The summed E-state index contributed by atoms with van der Waals surface area (Å²) in [6.45, 7) is 12.4. The fraction of sp³-hybridized carbons (Fsp3) is 0.640. The highest BCUT2D eigenvalue weighted by molar-refractivity contribution is 5.78. The zero-order chi connectivity index (χ0) is 23.0. The van der Waals surface area contributed by atoms with Crippen LogP contribution < -0.4 is 11.3 Å². The topological polar surface area (TPSA) is 93.7 Å². The summed E-state index contributed by atoms with van der Waals surface area (Å²) in [6, 6.07) is 7.05. The predicted molar refractivity (Wildman–Crippen MR) is 127 cm³/mol. The van der Waals surface area contributed by atoms with Gasteiger partial charge in [-0.1, -0.05) is 46.2 Å². The number of aromatic amines is 1. The highest BCUT2D eigenvalue weighted by atomic mass is 16.2. The van der Waals surface area contributed by atoms with Crippen LogP contribution in [0.5, 0.6) is 0 Å². The zero-order valence-electron chi connectivity index (χ0n) is 20.0. The Morgan fingerprint density at radius 1 is 1.13 bits per heavy atom. The van der Waals surface area contributed by atoms with Crippen molar-refractivity contribution in [3.05, 3.63) is 40.4 Å². The Hall–Kier alpha value is -2.21. The molecule has 0 aliphatic carbocycles. The second-order valence-electron chi connectivity index (χ2n) is 10.1. The molecule has 1 aromatic heterocycles. The molecule has 2 aromatic rings. The maximum absolute atomic E-state index is 13.3. The summed E-state index contributed by atoms with van der Waals surface area (Å²) in [7, 11) is 0. The van der Waals surface area contributed by atoms with Gasteiger partial charge < -0.3 is 15.6 Å². The van der Waals surface area contributed by atoms with Gasteiger partial charge >= 0.3 is 0 Å². The molecular weight excluding hydrogens is 388 g/mol. The number of amides is 1. The Morgan fingerprint density at radius 3 is 2.48 bits per heavy atom. The monoisotopic (exact) mass is 429 g/mol. The van der Waals surface area contributed by atoms with Crippen molar-refractivity contribution in [3.8, 4) is 0 Å². The van der Waals surface area contributed by atoms with E-state index in [0.29, 0.717) is 35.6 Å². The number of carbonyl (C=O) groups is 1. The van der Waals surface area contributed by atoms with Crippen molar-refractivity contribution in [1.29, 1.82) is 0 Å². The van der Waals surface area contributed by atoms with Crippen molar-refractivity contribution in [2.45, 2.75) is 79.2 Å². The van der Waals surface area contributed by atoms with Gasteiger partial charge in [-0.3, -0.25) is 9.59 Å². The van der Waals surface area contributed by atoms with Gasteiger partial charge in [0.1, 0.15) is 5.82 Å². The first-order chi connectivity index (χ1) is 14.6. The molecule has 31 heavy (non-hydrogen) atoms. The standard InChI is InChI=1S/C25H40N4O2/c1-18(17-25(3,4)5)16-22(30)29(15-11-7-6-10-14-26)19(2)23-27-21-13-9-8-12-20(21)24(31)28-23/h8-9,12-13,18-19H,6-7,10-11,14-17,26H2,1-5H3,(H,27,28,31)/p+1/t18-,19-/m0/s1. The smallest absolute Gasteiger partial charge is 0.258 e. The molecule has 0 bridgehead atoms. The number of aromatic nitrogens is 2. The van der Waals surface area contributed by atoms with Crippen molar-refractivity contribution >= 4 is 16.8 Å². The van der Waals surface area contributed by atoms with Crippen LogP contribution in [0.4, 0.5) is 0 Å². The van der Waals surface area contributed by atoms with Gasteiger partial charge in [0.05, 0.1) is 23.5 Å². The predicted octanol–water partition coefficient (Wildman–Crippen LogP) is 4.08. The first kappa shape index (κ1) is 25.1. The van der Waals surface area contributed by atoms with E-state index in [1.807, 2.05) is 30.0 Å². The molecule has 0 unspecified atom stereocenters. The molecule has 0 fully saturated rings. The minimum Gasteiger partial charge on any atom is -0.358 e. The Balaban J connectivity index is 2.21. The number of nitrogens with zero attached hydrogens (tertiary/aromatic N) is 2. The van der Waals surface area contributed by atoms with E-state index < -0.39 is 0 Å². The molecule has 4 N–H and O–H groups in total. The summed E-state index contributed by atoms with van der Waals surface area (Å²) in [4.78, 5) is 35.4. The number of H-pyrrole nitrogens is 1. The van der Waals surface area contributed by atoms with Gasteiger partial charge in [0, 0.05) is 13.0 Å². The van der Waals surface area contributed by atoms with Gasteiger partial charge in [0.15, 0.2) is 0 Å². The number of hydrogen-bond acceptors (Lipinski definition) is 3. The van der Waals surface area contributed by atoms with Crippen LogP contribution in [-0.4, -0.2) is 33.9 Å². The van der Waals surface area contributed by atoms with E-state index in [1.165, 1.54) is 0 Å². The van der Waals surface area contributed by atoms with Crippen molar-refractivity contribution in [1.82, 2.24) is 14.9 Å². The fourth-order valence-corrected chi connectivity index (χ4v) is 4.33. The molecule has 6 nitrogen and oxygen atoms in total. The number of benzene rings is 1. The quantitative estimate of drug-likeness (QED) is 0.527. The Labute approximate surface area is 186 Å². The summed E-state index contributed by atoms with van der Waals surface area (Å²) in [5, 5.41) is 0.573. The number of hydrogen-bond donors (Lipinski definition) is 2. The van der Waals surface area contributed by atoms with Gasteiger partial charge in [-0.05, 0) is 56.1 Å². The van der Waals surface area contributed by atoms with E-state index in [4.69, 9.17) is 0 Å². The average molecular weight is 430 g/mol. The lowest BCUT2D eigenvalue weighted by molar-refractivity contribution is -0.368. The SMILES string of the molecule is C[C@@H](CC(=O)N(CCCCCC[NH3+])[C@@H](C)c1nc2ccccc2c(=O)[nH]1)CC(C)(C)C. The second kappa shape index (κ2) is 11.4. The first-order valence-electron chi connectivity index (χ1n) is 11.7. The summed E-state index contributed by atoms with van der Waals surface area (Å²) >= 11 is 0. The van der Waals surface area contributed by atoms with Crippen LogP contribution in [0.25, 0.3) is 10.9 Å². The number of rotatable bonds is 11. The molecule has 0 aliphatic rings. The lowest BCUT2D eigenvalue weighted by Gasteiger charge is -2.31. The number of para-hydroxylation sites is 1. The molecule has 1 aromatic carbocycles. The molecule has 6 heteroatoms. The molecule has 0 aliphatic heterocycles. The molecule has 0 radical (unpaired) electrons. The van der Waals surface area contributed by atoms with E-state index in [0.717, 1.165) is 38.6 Å². The first-order valence-corrected chi connectivity index (χ1v) is 11.7. The number of fused-ring (bicyclic) bond motifs is 1. The number of carbonyl (C=O) groups excluding carboxylic acids is 1. The van der Waals surface area contributed by atoms with E-state index >= 15 is 0 Å². The van der Waals surface area contributed by atoms with E-state index in [-0.39, 0.29) is 22.9 Å². The lowest BCUT2D eigenvalue weighted by Crippen LogP contribution is -2.50. The number of quaternary nitrogens is 1. The highest BCUT2D eigenvalue weighted by Gasteiger charge is 2.26. The van der Waals surface area contributed by atoms with Crippen molar-refractivity contribution in [3.63, 3.8) is 0 Å². The minimum atomic E-state index is -0.278. The summed E-state index contributed by atoms with van der Waals surface area (Å²) in [6.07, 6.45) is 5.78. The van der Waals surface area contributed by atoms with Gasteiger partial charge in [-0.25, -0.2) is 4.98 Å². The van der Waals surface area contributed by atoms with Gasteiger partial charge in [-0.15, -0.1) is 0 Å². The fourth-order valence-electron chi connectivity index (χ4n) is 4.33. The van der Waals surface area contributed by atoms with Crippen molar-refractivity contribution in [2.75, 3.05) is 13.1 Å². The molecular formula is C25H41N4O2+. The zero-order valence-corrected chi connectivity index (χ0v) is 20.0. The Morgan fingerprint density at radius 2 is 1.81 bits per heavy atom. The maximum atomic E-state index is 13.3. The maximum Gasteiger partial charge on any atom is 0.258 e. The van der Waals surface area contributed by atoms with Gasteiger partial charge in [0.25, 0.3) is 5.56 Å². The third-order valence-electron chi connectivity index (χ3n) is 5.70. The Kier molecular flexibility index (Phi) is 9.23. The van der Waals surface area contributed by atoms with Crippen molar-refractivity contribution < 1.29 is 10.5 Å². The third-order valence-corrected chi connectivity index (χ3v) is 5.70. The third kappa shape index (κ3) is 7.76. The minimum absolute atomic E-state index is 0.136. The molecule has 2 atom stereocenters. The molecule has 2 rings (SSSR count). The molecule has 0 saturated carbocycles. The summed E-state index contributed by atoms with van der Waals surface area (Å²) in [5.41, 5.74) is 4.60. The van der Waals surface area contributed by atoms with Crippen LogP contribution in [0.1, 0.15) is 85.0 Å². The molecule has 0 saturated heterocycles. The van der Waals surface area contributed by atoms with E-state index in [1.54, 1.807) is 6.07 Å². The van der Waals surface area contributed by atoms with Crippen LogP contribution in [0.2, 0.25) is 0 Å². The summed E-state index contributed by atoms with van der Waals surface area (Å²) in [5.74, 6) is 0.993. The van der Waals surface area contributed by atoms with E-state index in [2.05, 4.69) is 43.4 Å². The molecule has 1 heterocycles. The Bertz CT molecular complexity index is 900. The van der Waals surface area contributed by atoms with Crippen LogP contribution in [0, 0.1) is 11.3 Å². The second-order valence-corrected chi connectivity index (χ2v) is 10.1. The summed E-state index contributed by atoms with van der Waals surface area (Å²) < 4.78 is 0. The highest BCUT2D eigenvalue weighted by Crippen LogP contribution is 2.28. The molecule has 172 valence electrons. The number of unbranched alkanes of at least 4 members (excludes halogenated alkanes) is 3. The van der Waals surface area contributed by atoms with Crippen molar-refractivity contribution in [2.24, 2.45) is 11.3 Å². The van der Waals surface area contributed by atoms with Crippen LogP contribution in [0.3, 0.4) is 0 Å². The lowest BCUT2D eigenvalue weighted by atomic mass is 9.84.